The number of halogens is 8. The van der Waals surface area contributed by atoms with Crippen molar-refractivity contribution < 1.29 is 44.6 Å². The van der Waals surface area contributed by atoms with Gasteiger partial charge in [-0.05, 0) is 24.3 Å². The summed E-state index contributed by atoms with van der Waals surface area (Å²) in [5.74, 6) is -1.95. The molecule has 2 atom stereocenters. The Bertz CT molecular complexity index is 993. The molecule has 2 heterocycles. The first kappa shape index (κ1) is 22.6. The lowest BCUT2D eigenvalue weighted by Gasteiger charge is -2.36. The minimum atomic E-state index is -4.94. The summed E-state index contributed by atoms with van der Waals surface area (Å²) in [7, 11) is 0. The first-order chi connectivity index (χ1) is 14.3. The van der Waals surface area contributed by atoms with Gasteiger partial charge in [0.2, 0.25) is 5.88 Å². The molecule has 1 aliphatic heterocycles. The van der Waals surface area contributed by atoms with E-state index in [4.69, 9.17) is 10.5 Å². The van der Waals surface area contributed by atoms with Crippen molar-refractivity contribution >= 4 is 6.02 Å². The lowest BCUT2D eigenvalue weighted by molar-refractivity contribution is -0.209. The molecule has 2 unspecified atom stereocenters. The lowest BCUT2D eigenvalue weighted by atomic mass is 9.84. The molecule has 3 rings (SSSR count). The Morgan fingerprint density at radius 2 is 1.84 bits per heavy atom. The number of nitrogens with two attached hydrogens (primary N) is 1. The van der Waals surface area contributed by atoms with Crippen LogP contribution in [0.25, 0.3) is 0 Å². The Balaban J connectivity index is 2.00. The standard InChI is InChI=1S/C18H13F8N3O2/c19-8-16(7-13(18(24,25)26)31-15(27)29-16)10-6-9(4-5-11(10)20)30-14-3-1-2-12(28-14)17(21,22)23/h1-6,13H,7-8H2,(H2,27,29). The van der Waals surface area contributed by atoms with Gasteiger partial charge in [0.05, 0.1) is 0 Å². The minimum Gasteiger partial charge on any atom is -0.452 e. The maximum absolute atomic E-state index is 14.5. The highest BCUT2D eigenvalue weighted by molar-refractivity contribution is 5.73. The van der Waals surface area contributed by atoms with Crippen LogP contribution in [-0.2, 0) is 16.5 Å². The molecular weight excluding hydrogens is 442 g/mol. The molecule has 0 bridgehead atoms. The molecule has 0 radical (unpaired) electrons. The molecule has 168 valence electrons. The van der Waals surface area contributed by atoms with Gasteiger partial charge in [-0.2, -0.15) is 26.3 Å². The predicted octanol–water partition coefficient (Wildman–Crippen LogP) is 4.86. The Labute approximate surface area is 169 Å². The van der Waals surface area contributed by atoms with Gasteiger partial charge in [-0.15, -0.1) is 0 Å². The average molecular weight is 455 g/mol. The molecule has 2 aromatic rings. The summed E-state index contributed by atoms with van der Waals surface area (Å²) >= 11 is 0. The molecular formula is C18H13F8N3O2. The molecule has 5 nitrogen and oxygen atoms in total. The number of rotatable bonds is 4. The highest BCUT2D eigenvalue weighted by atomic mass is 19.4. The van der Waals surface area contributed by atoms with Crippen molar-refractivity contribution in [3.05, 3.63) is 53.5 Å². The Morgan fingerprint density at radius 3 is 2.45 bits per heavy atom. The summed E-state index contributed by atoms with van der Waals surface area (Å²) in [6.45, 7) is -1.56. The zero-order valence-corrected chi connectivity index (χ0v) is 15.3. The van der Waals surface area contributed by atoms with E-state index in [-0.39, 0.29) is 5.75 Å². The number of hydrogen-bond acceptors (Lipinski definition) is 5. The number of pyridine rings is 1. The molecule has 0 spiro atoms. The fourth-order valence-electron chi connectivity index (χ4n) is 2.96. The number of ether oxygens (including phenoxy) is 2. The molecule has 13 heteroatoms. The minimum absolute atomic E-state index is 0.306. The van der Waals surface area contributed by atoms with E-state index in [1.54, 1.807) is 0 Å². The van der Waals surface area contributed by atoms with Crippen LogP contribution < -0.4 is 10.5 Å². The number of hydrogen-bond donors (Lipinski definition) is 1. The van der Waals surface area contributed by atoms with E-state index in [1.165, 1.54) is 0 Å². The zero-order chi connectivity index (χ0) is 23.0. The summed E-state index contributed by atoms with van der Waals surface area (Å²) in [4.78, 5) is 6.83. The van der Waals surface area contributed by atoms with E-state index < -0.39 is 66.1 Å². The van der Waals surface area contributed by atoms with E-state index in [9.17, 15) is 35.1 Å². The second-order valence-electron chi connectivity index (χ2n) is 6.57. The van der Waals surface area contributed by atoms with Crippen LogP contribution in [0.1, 0.15) is 17.7 Å². The molecule has 0 aliphatic carbocycles. The topological polar surface area (TPSA) is 69.7 Å². The van der Waals surface area contributed by atoms with E-state index in [1.807, 2.05) is 0 Å². The van der Waals surface area contributed by atoms with Crippen LogP contribution >= 0.6 is 0 Å². The summed E-state index contributed by atoms with van der Waals surface area (Å²) in [6.07, 6.45) is -13.4. The normalized spacial score (nSPS) is 21.9. The maximum atomic E-state index is 14.5. The first-order valence-corrected chi connectivity index (χ1v) is 8.51. The molecule has 2 N–H and O–H groups in total. The fraction of sp³-hybridized carbons (Fsp3) is 0.333. The van der Waals surface area contributed by atoms with Gasteiger partial charge in [0.25, 0.3) is 6.02 Å². The smallest absolute Gasteiger partial charge is 0.433 e. The number of amidine groups is 1. The Morgan fingerprint density at radius 1 is 1.13 bits per heavy atom. The van der Waals surface area contributed by atoms with E-state index in [0.717, 1.165) is 30.3 Å². The van der Waals surface area contributed by atoms with Crippen molar-refractivity contribution in [2.24, 2.45) is 10.7 Å². The van der Waals surface area contributed by atoms with Gasteiger partial charge in [0.15, 0.2) is 6.10 Å². The zero-order valence-electron chi connectivity index (χ0n) is 15.3. The molecule has 0 saturated heterocycles. The van der Waals surface area contributed by atoms with Crippen LogP contribution in [0.15, 0.2) is 41.4 Å². The number of aliphatic imine (C=N–C) groups is 1. The Hall–Kier alpha value is -3.12. The number of nitrogens with zero attached hydrogens (tertiary/aromatic N) is 2. The number of alkyl halides is 7. The van der Waals surface area contributed by atoms with Crippen molar-refractivity contribution in [1.29, 1.82) is 0 Å². The summed E-state index contributed by atoms with van der Waals surface area (Å²) in [6, 6.07) is 4.35. The SMILES string of the molecule is NC1=NC(CF)(c2cc(Oc3cccc(C(F)(F)F)n3)ccc2F)CC(C(F)(F)F)O1. The van der Waals surface area contributed by atoms with Crippen molar-refractivity contribution in [3.63, 3.8) is 0 Å². The van der Waals surface area contributed by atoms with E-state index >= 15 is 0 Å². The van der Waals surface area contributed by atoms with Gasteiger partial charge in [-0.1, -0.05) is 6.07 Å². The second-order valence-corrected chi connectivity index (χ2v) is 6.57. The van der Waals surface area contributed by atoms with Crippen LogP contribution in [-0.4, -0.2) is 30.0 Å². The lowest BCUT2D eigenvalue weighted by Crippen LogP contribution is -2.48. The highest BCUT2D eigenvalue weighted by Crippen LogP contribution is 2.42. The summed E-state index contributed by atoms with van der Waals surface area (Å²) in [5, 5.41) is 0. The van der Waals surface area contributed by atoms with Crippen molar-refractivity contribution in [2.45, 2.75) is 30.4 Å². The second kappa shape index (κ2) is 7.85. The summed E-state index contributed by atoms with van der Waals surface area (Å²) < 4.78 is 116. The summed E-state index contributed by atoms with van der Waals surface area (Å²) in [5.41, 5.74) is 0.988. The van der Waals surface area contributed by atoms with Gasteiger partial charge < -0.3 is 15.2 Å². The third-order valence-electron chi connectivity index (χ3n) is 4.37. The van der Waals surface area contributed by atoms with Gasteiger partial charge in [0.1, 0.15) is 29.5 Å². The van der Waals surface area contributed by atoms with Crippen molar-refractivity contribution in [3.8, 4) is 11.6 Å². The van der Waals surface area contributed by atoms with E-state index in [2.05, 4.69) is 14.7 Å². The van der Waals surface area contributed by atoms with Crippen LogP contribution in [0.4, 0.5) is 35.1 Å². The molecule has 31 heavy (non-hydrogen) atoms. The number of aromatic nitrogens is 1. The van der Waals surface area contributed by atoms with Gasteiger partial charge >= 0.3 is 12.4 Å². The van der Waals surface area contributed by atoms with Crippen molar-refractivity contribution in [2.75, 3.05) is 6.67 Å². The van der Waals surface area contributed by atoms with Crippen LogP contribution in [0.2, 0.25) is 0 Å². The Kier molecular flexibility index (Phi) is 5.72. The third kappa shape index (κ3) is 4.80. The van der Waals surface area contributed by atoms with Crippen molar-refractivity contribution in [1.82, 2.24) is 4.98 Å². The highest BCUT2D eigenvalue weighted by Gasteiger charge is 2.52. The monoisotopic (exact) mass is 455 g/mol. The molecule has 0 saturated carbocycles. The van der Waals surface area contributed by atoms with Gasteiger partial charge in [-0.3, -0.25) is 0 Å². The molecule has 1 aromatic heterocycles. The van der Waals surface area contributed by atoms with Gasteiger partial charge in [-0.25, -0.2) is 18.8 Å². The number of benzene rings is 1. The molecule has 0 amide bonds. The fourth-order valence-corrected chi connectivity index (χ4v) is 2.96. The third-order valence-corrected chi connectivity index (χ3v) is 4.37. The van der Waals surface area contributed by atoms with E-state index in [0.29, 0.717) is 6.07 Å². The maximum Gasteiger partial charge on any atom is 0.433 e. The first-order valence-electron chi connectivity index (χ1n) is 8.51. The largest absolute Gasteiger partial charge is 0.452 e. The molecule has 1 aliphatic rings. The van der Waals surface area contributed by atoms with Crippen LogP contribution in [0.3, 0.4) is 0 Å². The van der Waals surface area contributed by atoms with Crippen LogP contribution in [0, 0.1) is 5.82 Å². The molecule has 0 fully saturated rings. The predicted molar refractivity (Wildman–Crippen MR) is 90.5 cm³/mol. The quantitative estimate of drug-likeness (QED) is 0.669. The molecule has 1 aromatic carbocycles. The van der Waals surface area contributed by atoms with Crippen LogP contribution in [0.5, 0.6) is 11.6 Å². The average Bonchev–Trinajstić information content (AvgIpc) is 2.68. The van der Waals surface area contributed by atoms with Gasteiger partial charge in [0, 0.05) is 18.1 Å².